The van der Waals surface area contributed by atoms with E-state index in [1.54, 1.807) is 6.07 Å². The molecule has 1 aliphatic heterocycles. The van der Waals surface area contributed by atoms with Crippen molar-refractivity contribution in [1.29, 1.82) is 0 Å². The molecule has 2 fully saturated rings. The van der Waals surface area contributed by atoms with Crippen LogP contribution in [0.1, 0.15) is 23.2 Å². The second kappa shape index (κ2) is 7.81. The molecule has 1 saturated carbocycles. The number of morpholine rings is 1. The fraction of sp³-hybridized carbons (Fsp3) is 0.588. The SMILES string of the molecule is COC(CS(=O)(=O)Nc1ccc(N2CCOCC2)cc1C(=O)O)C1CC1. The number of hydrogen-bond acceptors (Lipinski definition) is 6. The molecule has 1 unspecified atom stereocenters. The van der Waals surface area contributed by atoms with Gasteiger partial charge in [-0.25, -0.2) is 13.2 Å². The van der Waals surface area contributed by atoms with Gasteiger partial charge in [0.2, 0.25) is 10.0 Å². The zero-order valence-electron chi connectivity index (χ0n) is 14.7. The smallest absolute Gasteiger partial charge is 0.337 e. The second-order valence-corrected chi connectivity index (χ2v) is 8.40. The highest BCUT2D eigenvalue weighted by Crippen LogP contribution is 2.35. The lowest BCUT2D eigenvalue weighted by molar-refractivity contribution is 0.0698. The summed E-state index contributed by atoms with van der Waals surface area (Å²) in [5.74, 6) is -1.10. The number of benzene rings is 1. The van der Waals surface area contributed by atoms with E-state index in [-0.39, 0.29) is 29.0 Å². The minimum atomic E-state index is -3.72. The lowest BCUT2D eigenvalue weighted by Crippen LogP contribution is -2.36. The molecule has 0 aromatic heterocycles. The number of nitrogens with one attached hydrogen (secondary N) is 1. The zero-order valence-corrected chi connectivity index (χ0v) is 15.5. The number of carboxylic acid groups (broad SMARTS) is 1. The molecule has 1 aliphatic carbocycles. The molecule has 0 spiro atoms. The summed E-state index contributed by atoms with van der Waals surface area (Å²) in [6.07, 6.45) is 1.55. The number of hydrogen-bond donors (Lipinski definition) is 2. The Labute approximate surface area is 153 Å². The summed E-state index contributed by atoms with van der Waals surface area (Å²) < 4.78 is 37.9. The van der Waals surface area contributed by atoms with Crippen molar-refractivity contribution in [2.45, 2.75) is 18.9 Å². The molecule has 8 nitrogen and oxygen atoms in total. The predicted molar refractivity (Wildman–Crippen MR) is 97.4 cm³/mol. The van der Waals surface area contributed by atoms with E-state index < -0.39 is 16.0 Å². The van der Waals surface area contributed by atoms with Gasteiger partial charge in [-0.05, 0) is 37.0 Å². The van der Waals surface area contributed by atoms with Gasteiger partial charge < -0.3 is 19.5 Å². The summed E-state index contributed by atoms with van der Waals surface area (Å²) in [7, 11) is -2.22. The lowest BCUT2D eigenvalue weighted by Gasteiger charge is -2.29. The van der Waals surface area contributed by atoms with E-state index in [1.807, 2.05) is 4.90 Å². The summed E-state index contributed by atoms with van der Waals surface area (Å²) >= 11 is 0. The Balaban J connectivity index is 1.78. The molecule has 144 valence electrons. The molecular formula is C17H24N2O6S. The number of carboxylic acids is 1. The quantitative estimate of drug-likeness (QED) is 0.698. The average molecular weight is 384 g/mol. The molecule has 1 aromatic carbocycles. The molecule has 0 radical (unpaired) electrons. The molecule has 9 heteroatoms. The molecule has 2 aliphatic rings. The molecule has 1 aromatic rings. The molecule has 1 saturated heterocycles. The van der Waals surface area contributed by atoms with E-state index in [9.17, 15) is 18.3 Å². The number of rotatable bonds is 8. The number of carbonyl (C=O) groups is 1. The number of methoxy groups -OCH3 is 1. The third-order valence-electron chi connectivity index (χ3n) is 4.71. The molecule has 0 amide bonds. The second-order valence-electron chi connectivity index (χ2n) is 6.63. The van der Waals surface area contributed by atoms with Crippen LogP contribution in [-0.2, 0) is 19.5 Å². The summed E-state index contributed by atoms with van der Waals surface area (Å²) in [4.78, 5) is 13.7. The minimum Gasteiger partial charge on any atom is -0.478 e. The minimum absolute atomic E-state index is 0.0696. The van der Waals surface area contributed by atoms with Crippen LogP contribution in [0.3, 0.4) is 0 Å². The summed E-state index contributed by atoms with van der Waals surface area (Å²) in [6.45, 7) is 2.49. The van der Waals surface area contributed by atoms with Gasteiger partial charge in [0.1, 0.15) is 0 Å². The highest BCUT2D eigenvalue weighted by molar-refractivity contribution is 7.92. The van der Waals surface area contributed by atoms with Gasteiger partial charge in [0.05, 0.1) is 36.3 Å². The highest BCUT2D eigenvalue weighted by atomic mass is 32.2. The third-order valence-corrected chi connectivity index (χ3v) is 6.01. The third kappa shape index (κ3) is 4.66. The molecule has 3 rings (SSSR count). The van der Waals surface area contributed by atoms with Gasteiger partial charge in [-0.15, -0.1) is 0 Å². The van der Waals surface area contributed by atoms with Gasteiger partial charge >= 0.3 is 5.97 Å². The molecule has 1 atom stereocenters. The van der Waals surface area contributed by atoms with Gasteiger partial charge in [-0.1, -0.05) is 0 Å². The molecule has 0 bridgehead atoms. The van der Waals surface area contributed by atoms with Crippen LogP contribution in [0.25, 0.3) is 0 Å². The van der Waals surface area contributed by atoms with Crippen molar-refractivity contribution in [3.63, 3.8) is 0 Å². The first-order valence-electron chi connectivity index (χ1n) is 8.63. The summed E-state index contributed by atoms with van der Waals surface area (Å²) in [6, 6.07) is 4.73. The Morgan fingerprint density at radius 3 is 2.65 bits per heavy atom. The zero-order chi connectivity index (χ0) is 18.7. The fourth-order valence-corrected chi connectivity index (χ4v) is 4.54. The standard InChI is InChI=1S/C17H24N2O6S/c1-24-16(12-2-3-12)11-26(22,23)18-15-5-4-13(10-14(15)17(20)21)19-6-8-25-9-7-19/h4-5,10,12,16,18H,2-3,6-9,11H2,1H3,(H,20,21). The fourth-order valence-electron chi connectivity index (χ4n) is 3.11. The van der Waals surface area contributed by atoms with E-state index in [0.29, 0.717) is 26.3 Å². The highest BCUT2D eigenvalue weighted by Gasteiger charge is 2.35. The number of nitrogens with zero attached hydrogens (tertiary/aromatic N) is 1. The largest absolute Gasteiger partial charge is 0.478 e. The van der Waals surface area contributed by atoms with Crippen molar-refractivity contribution in [1.82, 2.24) is 0 Å². The van der Waals surface area contributed by atoms with Crippen molar-refractivity contribution >= 4 is 27.4 Å². The van der Waals surface area contributed by atoms with Crippen LogP contribution in [0.2, 0.25) is 0 Å². The summed E-state index contributed by atoms with van der Waals surface area (Å²) in [5.41, 5.74) is 0.736. The van der Waals surface area contributed by atoms with E-state index in [1.165, 1.54) is 19.2 Å². The number of aromatic carboxylic acids is 1. The van der Waals surface area contributed by atoms with Crippen LogP contribution in [0.4, 0.5) is 11.4 Å². The molecular weight excluding hydrogens is 360 g/mol. The van der Waals surface area contributed by atoms with E-state index in [0.717, 1.165) is 18.5 Å². The maximum atomic E-state index is 12.5. The summed E-state index contributed by atoms with van der Waals surface area (Å²) in [5, 5.41) is 9.51. The maximum absolute atomic E-state index is 12.5. The van der Waals surface area contributed by atoms with Crippen LogP contribution >= 0.6 is 0 Å². The first-order chi connectivity index (χ1) is 12.4. The van der Waals surface area contributed by atoms with E-state index in [4.69, 9.17) is 9.47 Å². The van der Waals surface area contributed by atoms with Gasteiger partial charge in [0, 0.05) is 25.9 Å². The predicted octanol–water partition coefficient (Wildman–Crippen LogP) is 1.39. The number of sulfonamides is 1. The van der Waals surface area contributed by atoms with E-state index >= 15 is 0 Å². The Morgan fingerprint density at radius 2 is 2.08 bits per heavy atom. The van der Waals surface area contributed by atoms with Crippen LogP contribution in [0, 0.1) is 5.92 Å². The van der Waals surface area contributed by atoms with Crippen molar-refractivity contribution in [2.24, 2.45) is 5.92 Å². The lowest BCUT2D eigenvalue weighted by atomic mass is 10.1. The van der Waals surface area contributed by atoms with Crippen molar-refractivity contribution in [2.75, 3.05) is 48.8 Å². The molecule has 26 heavy (non-hydrogen) atoms. The van der Waals surface area contributed by atoms with Gasteiger partial charge in [0.15, 0.2) is 0 Å². The van der Waals surface area contributed by atoms with Gasteiger partial charge in [0.25, 0.3) is 0 Å². The van der Waals surface area contributed by atoms with Crippen molar-refractivity contribution < 1.29 is 27.8 Å². The first-order valence-corrected chi connectivity index (χ1v) is 10.3. The monoisotopic (exact) mass is 384 g/mol. The first kappa shape index (κ1) is 18.9. The van der Waals surface area contributed by atoms with Gasteiger partial charge in [-0.3, -0.25) is 4.72 Å². The Bertz CT molecular complexity index is 757. The van der Waals surface area contributed by atoms with Crippen molar-refractivity contribution in [3.05, 3.63) is 23.8 Å². The van der Waals surface area contributed by atoms with Crippen molar-refractivity contribution in [3.8, 4) is 0 Å². The Hall–Kier alpha value is -1.84. The van der Waals surface area contributed by atoms with Crippen LogP contribution in [-0.4, -0.2) is 64.8 Å². The topological polar surface area (TPSA) is 105 Å². The van der Waals surface area contributed by atoms with E-state index in [2.05, 4.69) is 4.72 Å². The maximum Gasteiger partial charge on any atom is 0.337 e. The number of anilines is 2. The average Bonchev–Trinajstić information content (AvgIpc) is 3.45. The van der Waals surface area contributed by atoms with Crippen LogP contribution < -0.4 is 9.62 Å². The Kier molecular flexibility index (Phi) is 5.69. The Morgan fingerprint density at radius 1 is 1.38 bits per heavy atom. The molecule has 1 heterocycles. The van der Waals surface area contributed by atoms with Crippen LogP contribution in [0.5, 0.6) is 0 Å². The molecule has 2 N–H and O–H groups in total. The number of ether oxygens (including phenoxy) is 2. The van der Waals surface area contributed by atoms with Gasteiger partial charge in [-0.2, -0.15) is 0 Å². The van der Waals surface area contributed by atoms with Crippen LogP contribution in [0.15, 0.2) is 18.2 Å². The normalized spacial score (nSPS) is 19.2.